The molecular formula is C41H46N8O6S. The van der Waals surface area contributed by atoms with Crippen molar-refractivity contribution in [3.8, 4) is 21.7 Å². The molecule has 15 heteroatoms. The second kappa shape index (κ2) is 16.6. The molecule has 0 bridgehead atoms. The minimum atomic E-state index is -0.858. The Morgan fingerprint density at radius 1 is 0.911 bits per heavy atom. The van der Waals surface area contributed by atoms with E-state index in [4.69, 9.17) is 4.98 Å². The quantitative estimate of drug-likeness (QED) is 0.137. The molecule has 0 spiro atoms. The lowest BCUT2D eigenvalue weighted by molar-refractivity contribution is -0.140. The van der Waals surface area contributed by atoms with E-state index in [-0.39, 0.29) is 41.9 Å². The predicted molar refractivity (Wildman–Crippen MR) is 210 cm³/mol. The molecule has 2 aliphatic rings. The maximum atomic E-state index is 13.7. The number of thiazole rings is 1. The van der Waals surface area contributed by atoms with Crippen LogP contribution in [0, 0.1) is 5.92 Å². The maximum absolute atomic E-state index is 13.7. The number of benzene rings is 2. The second-order valence-electron chi connectivity index (χ2n) is 14.8. The van der Waals surface area contributed by atoms with E-state index < -0.39 is 30.6 Å². The summed E-state index contributed by atoms with van der Waals surface area (Å²) in [5.74, 6) is -0.897. The predicted octanol–water partition coefficient (Wildman–Crippen LogP) is 4.23. The number of hydrogen-bond acceptors (Lipinski definition) is 9. The van der Waals surface area contributed by atoms with Crippen LogP contribution in [0.2, 0.25) is 0 Å². The largest absolute Gasteiger partial charge is 0.387 e. The highest BCUT2D eigenvalue weighted by molar-refractivity contribution is 7.20. The standard InChI is InChI=1S/C41H46N8O6S/c1-24(2)36(46-35(53)23-50)39(54)49-18-8-12-32(49)38-42-20-30(45-38)26-13-15-27(16-14-26)34-22-47-21-29(44-41(47)56-34)19-33(52)31-11-7-17-48(31)40(55)37(43-25(3)51)28-9-5-4-6-10-28/h4-6,9-10,13-16,20-22,24,31-32,36-37,50H,7-8,11-12,17-19,23H2,1-3H3,(H,42,45)(H,43,51)(H,46,53)/t31-,32-,36-,37+/m0/s1. The van der Waals surface area contributed by atoms with Crippen LogP contribution in [0.5, 0.6) is 0 Å². The highest BCUT2D eigenvalue weighted by atomic mass is 32.1. The molecule has 4 N–H and O–H groups in total. The summed E-state index contributed by atoms with van der Waals surface area (Å²) in [6.45, 7) is 5.45. The third kappa shape index (κ3) is 8.14. The van der Waals surface area contributed by atoms with E-state index in [1.54, 1.807) is 28.1 Å². The monoisotopic (exact) mass is 778 g/mol. The van der Waals surface area contributed by atoms with Gasteiger partial charge in [-0.3, -0.25) is 28.4 Å². The van der Waals surface area contributed by atoms with Crippen LogP contribution in [0.15, 0.2) is 73.2 Å². The molecular weight excluding hydrogens is 733 g/mol. The van der Waals surface area contributed by atoms with Crippen LogP contribution < -0.4 is 10.6 Å². The van der Waals surface area contributed by atoms with Gasteiger partial charge in [0.15, 0.2) is 10.7 Å². The molecule has 2 aromatic carbocycles. The van der Waals surface area contributed by atoms with Crippen molar-refractivity contribution in [3.05, 3.63) is 90.3 Å². The van der Waals surface area contributed by atoms with Crippen molar-refractivity contribution in [2.75, 3.05) is 19.7 Å². The van der Waals surface area contributed by atoms with E-state index in [1.807, 2.05) is 73.1 Å². The number of imidazole rings is 2. The van der Waals surface area contributed by atoms with Crippen molar-refractivity contribution in [2.45, 2.75) is 77.0 Å². The van der Waals surface area contributed by atoms with Gasteiger partial charge in [-0.25, -0.2) is 9.97 Å². The first-order chi connectivity index (χ1) is 27.0. The molecule has 0 unspecified atom stereocenters. The number of carbonyl (C=O) groups is 5. The van der Waals surface area contributed by atoms with Gasteiger partial charge in [-0.05, 0) is 48.3 Å². The average Bonchev–Trinajstić information content (AvgIpc) is 4.04. The van der Waals surface area contributed by atoms with Gasteiger partial charge in [0, 0.05) is 32.4 Å². The molecule has 2 fully saturated rings. The van der Waals surface area contributed by atoms with Gasteiger partial charge in [0.2, 0.25) is 23.6 Å². The van der Waals surface area contributed by atoms with Gasteiger partial charge >= 0.3 is 0 Å². The third-order valence-corrected chi connectivity index (χ3v) is 11.6. The van der Waals surface area contributed by atoms with Crippen molar-refractivity contribution in [2.24, 2.45) is 5.92 Å². The van der Waals surface area contributed by atoms with E-state index in [2.05, 4.69) is 20.6 Å². The molecule has 56 heavy (non-hydrogen) atoms. The van der Waals surface area contributed by atoms with Crippen LogP contribution >= 0.6 is 11.3 Å². The summed E-state index contributed by atoms with van der Waals surface area (Å²) in [6.07, 6.45) is 8.57. The summed E-state index contributed by atoms with van der Waals surface area (Å²) in [5.41, 5.74) is 4.07. The zero-order valence-electron chi connectivity index (χ0n) is 31.6. The molecule has 4 atom stereocenters. The number of Topliss-reactive ketones (excluding diaryl/α,β-unsaturated/α-hetero) is 1. The highest BCUT2D eigenvalue weighted by Crippen LogP contribution is 2.34. The minimum Gasteiger partial charge on any atom is -0.387 e. The van der Waals surface area contributed by atoms with Crippen LogP contribution in [0.25, 0.3) is 26.7 Å². The SMILES string of the molecule is CC(=O)N[C@@H](C(=O)N1CCC[C@H]1C(=O)Cc1cn2cc(-c3ccc(-c4cnc([C@@H]5CCCN5C(=O)[C@@H](NC(=O)CO)C(C)C)[nH]4)cc3)sc2n1)c1ccccc1. The van der Waals surface area contributed by atoms with Crippen LogP contribution in [-0.4, -0.2) is 95.5 Å². The topological polar surface area (TPSA) is 182 Å². The number of likely N-dealkylation sites (tertiary alicyclic amines) is 2. The number of aliphatic hydroxyl groups excluding tert-OH is 1. The number of H-pyrrole nitrogens is 1. The summed E-state index contributed by atoms with van der Waals surface area (Å²) in [4.78, 5) is 82.6. The average molecular weight is 779 g/mol. The molecule has 2 saturated heterocycles. The van der Waals surface area contributed by atoms with Gasteiger partial charge in [0.1, 0.15) is 24.5 Å². The lowest BCUT2D eigenvalue weighted by atomic mass is 10.0. The fraction of sp³-hybridized carbons (Fsp3) is 0.390. The van der Waals surface area contributed by atoms with E-state index in [0.29, 0.717) is 43.0 Å². The van der Waals surface area contributed by atoms with Gasteiger partial charge in [-0.1, -0.05) is 79.8 Å². The Hall–Kier alpha value is -5.67. The van der Waals surface area contributed by atoms with Gasteiger partial charge < -0.3 is 30.5 Å². The number of fused-ring (bicyclic) bond motifs is 1. The highest BCUT2D eigenvalue weighted by Gasteiger charge is 2.39. The van der Waals surface area contributed by atoms with Gasteiger partial charge in [-0.2, -0.15) is 0 Å². The Labute approximate surface area is 328 Å². The fourth-order valence-electron chi connectivity index (χ4n) is 7.72. The first kappa shape index (κ1) is 38.6. The summed E-state index contributed by atoms with van der Waals surface area (Å²) in [7, 11) is 0. The Bertz CT molecular complexity index is 2200. The fourth-order valence-corrected chi connectivity index (χ4v) is 8.71. The van der Waals surface area contributed by atoms with Crippen molar-refractivity contribution in [1.29, 1.82) is 0 Å². The zero-order chi connectivity index (χ0) is 39.5. The number of nitrogens with one attached hydrogen (secondary N) is 3. The number of aromatic amines is 1. The van der Waals surface area contributed by atoms with Crippen molar-refractivity contribution in [1.82, 2.24) is 39.8 Å². The van der Waals surface area contributed by atoms with Crippen molar-refractivity contribution < 1.29 is 29.1 Å². The van der Waals surface area contributed by atoms with Crippen LogP contribution in [0.1, 0.15) is 75.6 Å². The van der Waals surface area contributed by atoms with Crippen LogP contribution in [0.3, 0.4) is 0 Å². The number of aliphatic hydroxyl groups is 1. The first-order valence-electron chi connectivity index (χ1n) is 19.0. The second-order valence-corrected chi connectivity index (χ2v) is 15.8. The van der Waals surface area contributed by atoms with E-state index >= 15 is 0 Å². The maximum Gasteiger partial charge on any atom is 0.250 e. The summed E-state index contributed by atoms with van der Waals surface area (Å²) >= 11 is 1.52. The van der Waals surface area contributed by atoms with E-state index in [0.717, 1.165) is 39.5 Å². The molecule has 292 valence electrons. The Balaban J connectivity index is 0.994. The molecule has 2 aliphatic heterocycles. The summed E-state index contributed by atoms with van der Waals surface area (Å²) in [5, 5.41) is 14.6. The van der Waals surface area contributed by atoms with Gasteiger partial charge in [0.25, 0.3) is 0 Å². The van der Waals surface area contributed by atoms with Crippen LogP contribution in [-0.2, 0) is 30.4 Å². The molecule has 0 aliphatic carbocycles. The molecule has 5 aromatic rings. The first-order valence-corrected chi connectivity index (χ1v) is 19.8. The lowest BCUT2D eigenvalue weighted by Crippen LogP contribution is -2.51. The van der Waals surface area contributed by atoms with Crippen molar-refractivity contribution in [3.63, 3.8) is 0 Å². The smallest absolute Gasteiger partial charge is 0.250 e. The Kier molecular flexibility index (Phi) is 11.4. The number of aromatic nitrogens is 4. The Morgan fingerprint density at radius 2 is 1.62 bits per heavy atom. The normalized spacial score (nSPS) is 18.0. The van der Waals surface area contributed by atoms with Gasteiger partial charge in [0.05, 0.1) is 41.0 Å². The lowest BCUT2D eigenvalue weighted by Gasteiger charge is -2.30. The molecule has 4 amide bonds. The molecule has 3 aromatic heterocycles. The summed E-state index contributed by atoms with van der Waals surface area (Å²) < 4.78 is 1.92. The number of hydrogen-bond donors (Lipinski definition) is 4. The van der Waals surface area contributed by atoms with Crippen LogP contribution in [0.4, 0.5) is 0 Å². The number of rotatable bonds is 13. The zero-order valence-corrected chi connectivity index (χ0v) is 32.4. The van der Waals surface area contributed by atoms with Gasteiger partial charge in [-0.15, -0.1) is 0 Å². The molecule has 0 saturated carbocycles. The Morgan fingerprint density at radius 3 is 2.32 bits per heavy atom. The molecule has 0 radical (unpaired) electrons. The van der Waals surface area contributed by atoms with E-state index in [1.165, 1.54) is 18.3 Å². The number of nitrogens with zero attached hydrogens (tertiary/aromatic N) is 5. The molecule has 14 nitrogen and oxygen atoms in total. The third-order valence-electron chi connectivity index (χ3n) is 10.5. The number of ketones is 1. The molecule has 5 heterocycles. The molecule has 7 rings (SSSR count). The van der Waals surface area contributed by atoms with E-state index in [9.17, 15) is 29.1 Å². The number of carbonyl (C=O) groups excluding carboxylic acids is 5. The number of amides is 4. The summed E-state index contributed by atoms with van der Waals surface area (Å²) in [6, 6.07) is 14.8. The minimum absolute atomic E-state index is 0.0763. The van der Waals surface area contributed by atoms with Crippen molar-refractivity contribution >= 4 is 45.7 Å².